The predicted molar refractivity (Wildman–Crippen MR) is 25.6 cm³/mol. The van der Waals surface area contributed by atoms with Gasteiger partial charge < -0.3 is 13.8 Å². The SMILES string of the molecule is O.O.S.[H-].[H-].[Mg+2]. The van der Waals surface area contributed by atoms with Crippen molar-refractivity contribution in [2.75, 3.05) is 0 Å². The minimum atomic E-state index is 0. The molecule has 0 heterocycles. The molecule has 0 aromatic rings. The van der Waals surface area contributed by atoms with Gasteiger partial charge in [-0.2, -0.15) is 13.5 Å². The molecule has 0 saturated heterocycles. The maximum Gasteiger partial charge on any atom is 2.00 e. The van der Waals surface area contributed by atoms with Gasteiger partial charge in [-0.1, -0.05) is 0 Å². The van der Waals surface area contributed by atoms with E-state index in [1.165, 1.54) is 0 Å². The molecule has 4 N–H and O–H groups in total. The van der Waals surface area contributed by atoms with Gasteiger partial charge in [0.15, 0.2) is 0 Å². The molecule has 0 radical (unpaired) electrons. The van der Waals surface area contributed by atoms with E-state index in [9.17, 15) is 0 Å². The Hall–Kier alpha value is 1.04. The van der Waals surface area contributed by atoms with Crippen LogP contribution >= 0.6 is 13.5 Å². The molecule has 0 aliphatic rings. The minimum absolute atomic E-state index is 0. The summed E-state index contributed by atoms with van der Waals surface area (Å²) in [7, 11) is 0. The van der Waals surface area contributed by atoms with E-state index >= 15 is 0 Å². The summed E-state index contributed by atoms with van der Waals surface area (Å²) < 4.78 is 0. The van der Waals surface area contributed by atoms with Gasteiger partial charge in [0.1, 0.15) is 0 Å². The van der Waals surface area contributed by atoms with Crippen LogP contribution in [0.1, 0.15) is 2.85 Å². The topological polar surface area (TPSA) is 63.0 Å². The first kappa shape index (κ1) is 76.4. The molecule has 0 unspecified atom stereocenters. The summed E-state index contributed by atoms with van der Waals surface area (Å²) in [6, 6.07) is 0. The van der Waals surface area contributed by atoms with E-state index in [1.807, 2.05) is 0 Å². The number of hydrogen-bond acceptors (Lipinski definition) is 0. The standard InChI is InChI=1S/Mg.2H2O.H2S.2H/h;3*1H2;;/q+2;;;;2*-1. The molecule has 0 amide bonds. The third-order valence-electron chi connectivity index (χ3n) is 0. The van der Waals surface area contributed by atoms with Crippen molar-refractivity contribution in [3.8, 4) is 0 Å². The van der Waals surface area contributed by atoms with Gasteiger partial charge in [-0.05, 0) is 0 Å². The Morgan fingerprint density at radius 1 is 1.00 bits per heavy atom. The van der Waals surface area contributed by atoms with Crippen molar-refractivity contribution in [2.45, 2.75) is 0 Å². The van der Waals surface area contributed by atoms with Crippen LogP contribution in [0.2, 0.25) is 0 Å². The molecule has 0 aliphatic heterocycles. The van der Waals surface area contributed by atoms with E-state index in [2.05, 4.69) is 0 Å². The molecular weight excluding hydrogens is 88.4 g/mol. The third-order valence-corrected chi connectivity index (χ3v) is 0. The van der Waals surface area contributed by atoms with E-state index in [4.69, 9.17) is 0 Å². The van der Waals surface area contributed by atoms with Gasteiger partial charge in [0.05, 0.1) is 0 Å². The van der Waals surface area contributed by atoms with Crippen LogP contribution in [0.3, 0.4) is 0 Å². The molecule has 0 rings (SSSR count). The van der Waals surface area contributed by atoms with Crippen LogP contribution in [-0.2, 0) is 0 Å². The summed E-state index contributed by atoms with van der Waals surface area (Å²) in [6.07, 6.45) is 0. The summed E-state index contributed by atoms with van der Waals surface area (Å²) in [5.74, 6) is 0. The second-order valence-corrected chi connectivity index (χ2v) is 0. The Bertz CT molecular complexity index is 11.5. The van der Waals surface area contributed by atoms with Crippen LogP contribution in [0, 0.1) is 0 Å². The molecule has 0 spiro atoms. The largest absolute Gasteiger partial charge is 2.00 e. The van der Waals surface area contributed by atoms with Gasteiger partial charge >= 0.3 is 23.1 Å². The Balaban J connectivity index is 0. The van der Waals surface area contributed by atoms with Crippen molar-refractivity contribution in [1.82, 2.24) is 0 Å². The molecule has 0 fully saturated rings. The molecule has 0 aromatic heterocycles. The molecular formula is H8MgO2S. The Labute approximate surface area is 50.8 Å². The van der Waals surface area contributed by atoms with Gasteiger partial charge in [0.25, 0.3) is 0 Å². The monoisotopic (exact) mass is 96.0 g/mol. The first-order chi connectivity index (χ1) is 0. The number of rotatable bonds is 0. The third kappa shape index (κ3) is 11.7. The molecule has 2 nitrogen and oxygen atoms in total. The second-order valence-electron chi connectivity index (χ2n) is 0. The van der Waals surface area contributed by atoms with Crippen LogP contribution in [0.5, 0.6) is 0 Å². The summed E-state index contributed by atoms with van der Waals surface area (Å²) in [6.45, 7) is 0. The van der Waals surface area contributed by atoms with Crippen molar-refractivity contribution in [3.05, 3.63) is 0 Å². The van der Waals surface area contributed by atoms with Crippen LogP contribution in [0.15, 0.2) is 0 Å². The van der Waals surface area contributed by atoms with Gasteiger partial charge in [-0.15, -0.1) is 0 Å². The second kappa shape index (κ2) is 34.7. The normalized spacial score (nSPS) is 0. The van der Waals surface area contributed by atoms with E-state index in [-0.39, 0.29) is 50.4 Å². The summed E-state index contributed by atoms with van der Waals surface area (Å²) >= 11 is 0. The molecule has 0 saturated carbocycles. The van der Waals surface area contributed by atoms with Gasteiger partial charge in [-0.25, -0.2) is 0 Å². The summed E-state index contributed by atoms with van der Waals surface area (Å²) in [5, 5.41) is 0. The molecule has 4 heteroatoms. The molecule has 0 atom stereocenters. The molecule has 0 aliphatic carbocycles. The summed E-state index contributed by atoms with van der Waals surface area (Å²) in [4.78, 5) is 0. The van der Waals surface area contributed by atoms with Crippen LogP contribution < -0.4 is 0 Å². The molecule has 28 valence electrons. The zero-order valence-electron chi connectivity index (χ0n) is 4.21. The van der Waals surface area contributed by atoms with Crippen LogP contribution in [-0.4, -0.2) is 34.0 Å². The first-order valence-corrected chi connectivity index (χ1v) is 0. The van der Waals surface area contributed by atoms with Crippen molar-refractivity contribution in [2.24, 2.45) is 0 Å². The zero-order chi connectivity index (χ0) is 0. The smallest absolute Gasteiger partial charge is 1.00 e. The Kier molecular flexibility index (Phi) is 662. The van der Waals surface area contributed by atoms with Crippen LogP contribution in [0.4, 0.5) is 0 Å². The van der Waals surface area contributed by atoms with Crippen LogP contribution in [0.25, 0.3) is 0 Å². The first-order valence-electron chi connectivity index (χ1n) is 0. The zero-order valence-corrected chi connectivity index (χ0v) is 4.62. The number of hydrogen-bond donors (Lipinski definition) is 0. The minimum Gasteiger partial charge on any atom is -1.00 e. The van der Waals surface area contributed by atoms with E-state index < -0.39 is 0 Å². The maximum atomic E-state index is 0. The molecule has 4 heavy (non-hydrogen) atoms. The maximum absolute atomic E-state index is 0. The van der Waals surface area contributed by atoms with Crippen molar-refractivity contribution < 1.29 is 13.8 Å². The van der Waals surface area contributed by atoms with Gasteiger partial charge in [0.2, 0.25) is 0 Å². The van der Waals surface area contributed by atoms with E-state index in [0.29, 0.717) is 0 Å². The summed E-state index contributed by atoms with van der Waals surface area (Å²) in [5.41, 5.74) is 0. The average molecular weight is 96.4 g/mol. The molecule has 0 bridgehead atoms. The van der Waals surface area contributed by atoms with Crippen molar-refractivity contribution in [1.29, 1.82) is 0 Å². The Morgan fingerprint density at radius 3 is 1.00 bits per heavy atom. The average Bonchev–Trinajstić information content (AvgIpc) is 0. The fourth-order valence-electron chi connectivity index (χ4n) is 0. The van der Waals surface area contributed by atoms with Crippen molar-refractivity contribution >= 4 is 36.5 Å². The molecule has 0 aromatic carbocycles. The van der Waals surface area contributed by atoms with Gasteiger partial charge in [0, 0.05) is 0 Å². The van der Waals surface area contributed by atoms with E-state index in [1.54, 1.807) is 0 Å². The quantitative estimate of drug-likeness (QED) is 0.323. The van der Waals surface area contributed by atoms with Crippen molar-refractivity contribution in [3.63, 3.8) is 0 Å². The predicted octanol–water partition coefficient (Wildman–Crippen LogP) is -1.69. The Morgan fingerprint density at radius 2 is 1.00 bits per heavy atom. The fourth-order valence-corrected chi connectivity index (χ4v) is 0. The van der Waals surface area contributed by atoms with E-state index in [0.717, 1.165) is 0 Å². The van der Waals surface area contributed by atoms with Gasteiger partial charge in [-0.3, -0.25) is 0 Å². The fraction of sp³-hybridized carbons (Fsp3) is 0.